The highest BCUT2D eigenvalue weighted by molar-refractivity contribution is 5.92. The van der Waals surface area contributed by atoms with Gasteiger partial charge in [-0.05, 0) is 18.6 Å². The van der Waals surface area contributed by atoms with Crippen LogP contribution in [0.5, 0.6) is 0 Å². The van der Waals surface area contributed by atoms with Crippen molar-refractivity contribution in [1.82, 2.24) is 30.0 Å². The molecule has 2 N–H and O–H groups in total. The minimum absolute atomic E-state index is 0.218. The van der Waals surface area contributed by atoms with Crippen LogP contribution in [0.1, 0.15) is 34.3 Å². The number of pyridine rings is 1. The van der Waals surface area contributed by atoms with Crippen LogP contribution in [0.15, 0.2) is 41.5 Å². The molecule has 0 saturated carbocycles. The first-order chi connectivity index (χ1) is 13.8. The van der Waals surface area contributed by atoms with Crippen molar-refractivity contribution in [2.75, 3.05) is 13.1 Å². The van der Waals surface area contributed by atoms with Crippen LogP contribution in [0.3, 0.4) is 0 Å². The third kappa shape index (κ3) is 3.89. The highest BCUT2D eigenvalue weighted by Gasteiger charge is 2.36. The molecule has 0 aromatic carbocycles. The van der Waals surface area contributed by atoms with Crippen LogP contribution in [0, 0.1) is 0 Å². The first-order valence-corrected chi connectivity index (χ1v) is 8.75. The molecule has 0 aliphatic carbocycles. The van der Waals surface area contributed by atoms with Crippen LogP contribution < -0.4 is 5.56 Å². The maximum absolute atomic E-state index is 12.7. The first kappa shape index (κ1) is 18.8. The van der Waals surface area contributed by atoms with Crippen LogP contribution in [0.2, 0.25) is 0 Å². The lowest BCUT2D eigenvalue weighted by atomic mass is 10.1. The zero-order valence-corrected chi connectivity index (χ0v) is 14.9. The summed E-state index contributed by atoms with van der Waals surface area (Å²) >= 11 is 0. The predicted octanol–water partition coefficient (Wildman–Crippen LogP) is 2.20. The summed E-state index contributed by atoms with van der Waals surface area (Å²) in [5.41, 5.74) is -0.487. The maximum Gasteiger partial charge on any atom is 0.432 e. The molecular formula is C18H15F3N6O2. The number of amides is 1. The second kappa shape index (κ2) is 7.15. The summed E-state index contributed by atoms with van der Waals surface area (Å²) in [6.07, 6.45) is -0.902. The Hall–Kier alpha value is -3.50. The quantitative estimate of drug-likeness (QED) is 0.696. The number of H-pyrrole nitrogens is 2. The van der Waals surface area contributed by atoms with Crippen molar-refractivity contribution in [3.63, 3.8) is 0 Å². The maximum atomic E-state index is 12.7. The van der Waals surface area contributed by atoms with Gasteiger partial charge in [-0.1, -0.05) is 0 Å². The molecule has 150 valence electrons. The summed E-state index contributed by atoms with van der Waals surface area (Å²) in [5, 5.41) is 5.32. The topological polar surface area (TPSA) is 108 Å². The van der Waals surface area contributed by atoms with E-state index in [-0.39, 0.29) is 23.7 Å². The number of aromatic amines is 2. The number of aromatic nitrogens is 5. The number of rotatable bonds is 3. The molecule has 1 saturated heterocycles. The van der Waals surface area contributed by atoms with E-state index in [0.29, 0.717) is 30.6 Å². The van der Waals surface area contributed by atoms with Crippen molar-refractivity contribution in [2.45, 2.75) is 18.5 Å². The number of nitrogens with one attached hydrogen (secondary N) is 2. The van der Waals surface area contributed by atoms with Gasteiger partial charge in [0.15, 0.2) is 5.69 Å². The van der Waals surface area contributed by atoms with E-state index in [2.05, 4.69) is 20.1 Å². The minimum atomic E-state index is -4.60. The van der Waals surface area contributed by atoms with Crippen LogP contribution in [0.25, 0.3) is 11.3 Å². The van der Waals surface area contributed by atoms with Gasteiger partial charge in [-0.3, -0.25) is 19.7 Å². The van der Waals surface area contributed by atoms with E-state index in [1.165, 1.54) is 11.0 Å². The van der Waals surface area contributed by atoms with Gasteiger partial charge in [0.1, 0.15) is 11.5 Å². The van der Waals surface area contributed by atoms with Crippen molar-refractivity contribution in [1.29, 1.82) is 0 Å². The van der Waals surface area contributed by atoms with Gasteiger partial charge in [-0.15, -0.1) is 0 Å². The third-order valence-electron chi connectivity index (χ3n) is 4.70. The standard InChI is InChI=1S/C18H15F3N6O2/c19-18(20,21)14-7-13(25-26-14)17(29)27-6-3-11(9-27)16-23-12(8-15(28)24-16)10-1-4-22-5-2-10/h1-2,4-5,7-8,11H,3,6,9H2,(H,25,26)(H,23,24,28)/t11-/m0/s1. The molecule has 3 aromatic rings. The highest BCUT2D eigenvalue weighted by atomic mass is 19.4. The average Bonchev–Trinajstić information content (AvgIpc) is 3.37. The molecule has 1 fully saturated rings. The summed E-state index contributed by atoms with van der Waals surface area (Å²) < 4.78 is 38.1. The number of hydrogen-bond acceptors (Lipinski definition) is 5. The second-order valence-corrected chi connectivity index (χ2v) is 6.65. The molecule has 1 atom stereocenters. The molecule has 4 heterocycles. The zero-order chi connectivity index (χ0) is 20.6. The van der Waals surface area contributed by atoms with Crippen LogP contribution in [0.4, 0.5) is 13.2 Å². The summed E-state index contributed by atoms with van der Waals surface area (Å²) in [6.45, 7) is 0.538. The van der Waals surface area contributed by atoms with Gasteiger partial charge in [0.2, 0.25) is 0 Å². The van der Waals surface area contributed by atoms with E-state index in [1.807, 2.05) is 5.10 Å². The Labute approximate surface area is 161 Å². The molecule has 0 bridgehead atoms. The largest absolute Gasteiger partial charge is 0.432 e. The molecule has 0 unspecified atom stereocenters. The number of halogens is 3. The van der Waals surface area contributed by atoms with Gasteiger partial charge in [0.05, 0.1) is 5.69 Å². The van der Waals surface area contributed by atoms with Gasteiger partial charge in [0, 0.05) is 49.1 Å². The molecule has 8 nitrogen and oxygen atoms in total. The van der Waals surface area contributed by atoms with Gasteiger partial charge < -0.3 is 9.88 Å². The Bertz CT molecular complexity index is 1090. The predicted molar refractivity (Wildman–Crippen MR) is 94.9 cm³/mol. The molecule has 1 aliphatic rings. The zero-order valence-electron chi connectivity index (χ0n) is 14.9. The summed E-state index contributed by atoms with van der Waals surface area (Å²) in [6, 6.07) is 5.52. The molecule has 1 aliphatic heterocycles. The summed E-state index contributed by atoms with van der Waals surface area (Å²) in [4.78, 5) is 37.1. The molecular weight excluding hydrogens is 389 g/mol. The molecule has 4 rings (SSSR count). The van der Waals surface area contributed by atoms with Gasteiger partial charge in [-0.2, -0.15) is 18.3 Å². The van der Waals surface area contributed by atoms with Gasteiger partial charge >= 0.3 is 6.18 Å². The average molecular weight is 404 g/mol. The second-order valence-electron chi connectivity index (χ2n) is 6.65. The molecule has 0 spiro atoms. The Morgan fingerprint density at radius 3 is 2.66 bits per heavy atom. The van der Waals surface area contributed by atoms with Crippen LogP contribution in [-0.2, 0) is 6.18 Å². The Balaban J connectivity index is 1.53. The van der Waals surface area contributed by atoms with Gasteiger partial charge in [-0.25, -0.2) is 4.98 Å². The van der Waals surface area contributed by atoms with Crippen molar-refractivity contribution in [2.24, 2.45) is 0 Å². The molecule has 0 radical (unpaired) electrons. The molecule has 3 aromatic heterocycles. The fraction of sp³-hybridized carbons (Fsp3) is 0.278. The van der Waals surface area contributed by atoms with E-state index in [0.717, 1.165) is 5.56 Å². The lowest BCUT2D eigenvalue weighted by molar-refractivity contribution is -0.141. The Morgan fingerprint density at radius 2 is 1.97 bits per heavy atom. The van der Waals surface area contributed by atoms with Crippen molar-refractivity contribution in [3.05, 3.63) is 64.2 Å². The number of likely N-dealkylation sites (tertiary alicyclic amines) is 1. The molecule has 11 heteroatoms. The summed E-state index contributed by atoms with van der Waals surface area (Å²) in [5.74, 6) is -0.418. The first-order valence-electron chi connectivity index (χ1n) is 8.75. The molecule has 29 heavy (non-hydrogen) atoms. The number of carbonyl (C=O) groups is 1. The SMILES string of the molecule is O=C(c1cc(C(F)(F)F)[nH]n1)N1CC[C@H](c2nc(-c3ccncc3)cc(=O)[nH]2)C1. The summed E-state index contributed by atoms with van der Waals surface area (Å²) in [7, 11) is 0. The van der Waals surface area contributed by atoms with Gasteiger partial charge in [0.25, 0.3) is 11.5 Å². The Morgan fingerprint density at radius 1 is 1.21 bits per heavy atom. The highest BCUT2D eigenvalue weighted by Crippen LogP contribution is 2.29. The lowest BCUT2D eigenvalue weighted by Crippen LogP contribution is -2.29. The van der Waals surface area contributed by atoms with Crippen molar-refractivity contribution >= 4 is 5.91 Å². The number of hydrogen-bond donors (Lipinski definition) is 2. The fourth-order valence-electron chi connectivity index (χ4n) is 3.25. The number of nitrogens with zero attached hydrogens (tertiary/aromatic N) is 4. The number of alkyl halides is 3. The van der Waals surface area contributed by atoms with E-state index in [4.69, 9.17) is 0 Å². The van der Waals surface area contributed by atoms with E-state index in [9.17, 15) is 22.8 Å². The van der Waals surface area contributed by atoms with E-state index >= 15 is 0 Å². The monoisotopic (exact) mass is 404 g/mol. The van der Waals surface area contributed by atoms with E-state index < -0.39 is 17.8 Å². The van der Waals surface area contributed by atoms with Crippen LogP contribution >= 0.6 is 0 Å². The van der Waals surface area contributed by atoms with Crippen molar-refractivity contribution < 1.29 is 18.0 Å². The van der Waals surface area contributed by atoms with Crippen molar-refractivity contribution in [3.8, 4) is 11.3 Å². The molecule has 1 amide bonds. The third-order valence-corrected chi connectivity index (χ3v) is 4.70. The van der Waals surface area contributed by atoms with E-state index in [1.54, 1.807) is 24.5 Å². The minimum Gasteiger partial charge on any atom is -0.336 e. The number of carbonyl (C=O) groups excluding carboxylic acids is 1. The van der Waals surface area contributed by atoms with Crippen LogP contribution in [-0.4, -0.2) is 49.0 Å². The Kier molecular flexibility index (Phi) is 4.65. The smallest absolute Gasteiger partial charge is 0.336 e. The normalized spacial score (nSPS) is 16.9. The fourth-order valence-corrected chi connectivity index (χ4v) is 3.25. The lowest BCUT2D eigenvalue weighted by Gasteiger charge is -2.15.